The van der Waals surface area contributed by atoms with Crippen LogP contribution >= 0.6 is 0 Å². The van der Waals surface area contributed by atoms with E-state index in [2.05, 4.69) is 65.9 Å². The van der Waals surface area contributed by atoms with Gasteiger partial charge in [0.1, 0.15) is 0 Å². The van der Waals surface area contributed by atoms with E-state index >= 15 is 0 Å². The van der Waals surface area contributed by atoms with Gasteiger partial charge < -0.3 is 4.57 Å². The summed E-state index contributed by atoms with van der Waals surface area (Å²) in [5.41, 5.74) is 4.32. The number of aromatic nitrogens is 1. The summed E-state index contributed by atoms with van der Waals surface area (Å²) in [5, 5.41) is 7.97. The SMILES string of the molecule is C=CCn1cc(/C=N/N(c2ccccc2)c2ccccc2)c2ccccc21. The molecule has 4 aromatic rings. The monoisotopic (exact) mass is 351 g/mol. The van der Waals surface area contributed by atoms with Gasteiger partial charge in [0.25, 0.3) is 0 Å². The van der Waals surface area contributed by atoms with Crippen LogP contribution in [0.2, 0.25) is 0 Å². The molecule has 0 N–H and O–H groups in total. The molecule has 3 heteroatoms. The Morgan fingerprint density at radius 3 is 2.04 bits per heavy atom. The molecule has 132 valence electrons. The molecule has 0 radical (unpaired) electrons. The predicted molar refractivity (Wildman–Crippen MR) is 115 cm³/mol. The zero-order valence-electron chi connectivity index (χ0n) is 15.1. The molecule has 0 bridgehead atoms. The van der Waals surface area contributed by atoms with E-state index in [1.165, 1.54) is 10.9 Å². The lowest BCUT2D eigenvalue weighted by Crippen LogP contribution is -2.09. The van der Waals surface area contributed by atoms with Crippen LogP contribution in [-0.4, -0.2) is 10.8 Å². The highest BCUT2D eigenvalue weighted by Crippen LogP contribution is 2.26. The first-order valence-electron chi connectivity index (χ1n) is 9.00. The molecule has 0 aliphatic carbocycles. The molecular formula is C24H21N3. The minimum Gasteiger partial charge on any atom is -0.343 e. The molecule has 3 nitrogen and oxygen atoms in total. The van der Waals surface area contributed by atoms with Gasteiger partial charge in [0, 0.05) is 29.2 Å². The molecule has 0 fully saturated rings. The fraction of sp³-hybridized carbons (Fsp3) is 0.0417. The first-order chi connectivity index (χ1) is 13.4. The summed E-state index contributed by atoms with van der Waals surface area (Å²) in [6, 6.07) is 28.7. The smallest absolute Gasteiger partial charge is 0.0652 e. The predicted octanol–water partition coefficient (Wildman–Crippen LogP) is 6.00. The molecule has 0 saturated carbocycles. The second-order valence-corrected chi connectivity index (χ2v) is 6.27. The lowest BCUT2D eigenvalue weighted by atomic mass is 10.2. The van der Waals surface area contributed by atoms with Crippen LogP contribution in [0.3, 0.4) is 0 Å². The van der Waals surface area contributed by atoms with Crippen LogP contribution in [0.1, 0.15) is 5.56 Å². The third kappa shape index (κ3) is 3.53. The Labute approximate surface area is 159 Å². The van der Waals surface area contributed by atoms with Gasteiger partial charge >= 0.3 is 0 Å². The zero-order valence-corrected chi connectivity index (χ0v) is 15.1. The fourth-order valence-corrected chi connectivity index (χ4v) is 3.21. The Morgan fingerprint density at radius 1 is 0.815 bits per heavy atom. The van der Waals surface area contributed by atoms with Gasteiger partial charge in [-0.05, 0) is 30.3 Å². The quantitative estimate of drug-likeness (QED) is 0.237. The van der Waals surface area contributed by atoms with Crippen molar-refractivity contribution in [1.29, 1.82) is 0 Å². The van der Waals surface area contributed by atoms with E-state index in [9.17, 15) is 0 Å². The minimum atomic E-state index is 0.773. The lowest BCUT2D eigenvalue weighted by Gasteiger charge is -2.19. The van der Waals surface area contributed by atoms with Crippen molar-refractivity contribution in [1.82, 2.24) is 4.57 Å². The van der Waals surface area contributed by atoms with Crippen molar-refractivity contribution in [2.45, 2.75) is 6.54 Å². The van der Waals surface area contributed by atoms with Gasteiger partial charge in [0.05, 0.1) is 17.6 Å². The second kappa shape index (κ2) is 7.75. The summed E-state index contributed by atoms with van der Waals surface area (Å²) < 4.78 is 2.19. The van der Waals surface area contributed by atoms with Gasteiger partial charge in [-0.1, -0.05) is 60.7 Å². The molecule has 27 heavy (non-hydrogen) atoms. The van der Waals surface area contributed by atoms with Gasteiger partial charge in [-0.25, -0.2) is 5.01 Å². The van der Waals surface area contributed by atoms with Gasteiger partial charge in [-0.2, -0.15) is 5.10 Å². The highest BCUT2D eigenvalue weighted by Gasteiger charge is 2.09. The minimum absolute atomic E-state index is 0.773. The molecule has 0 aliphatic heterocycles. The van der Waals surface area contributed by atoms with Crippen molar-refractivity contribution in [2.24, 2.45) is 5.10 Å². The van der Waals surface area contributed by atoms with E-state index < -0.39 is 0 Å². The number of para-hydroxylation sites is 3. The van der Waals surface area contributed by atoms with Gasteiger partial charge in [0.2, 0.25) is 0 Å². The standard InChI is InChI=1S/C24H21N3/c1-2-17-26-19-20(23-15-9-10-16-24(23)26)18-25-27(21-11-5-3-6-12-21)22-13-7-4-8-14-22/h2-16,18-19H,1,17H2/b25-18+. The lowest BCUT2D eigenvalue weighted by molar-refractivity contribution is 0.865. The summed E-state index contributed by atoms with van der Waals surface area (Å²) in [5.74, 6) is 0. The number of allylic oxidation sites excluding steroid dienone is 1. The number of hydrazone groups is 1. The molecule has 1 aromatic heterocycles. The van der Waals surface area contributed by atoms with Crippen LogP contribution < -0.4 is 5.01 Å². The Kier molecular flexibility index (Phi) is 4.84. The number of hydrogen-bond acceptors (Lipinski definition) is 2. The normalized spacial score (nSPS) is 11.1. The highest BCUT2D eigenvalue weighted by atomic mass is 15.5. The molecule has 0 atom stereocenters. The van der Waals surface area contributed by atoms with E-state index in [4.69, 9.17) is 5.10 Å². The van der Waals surface area contributed by atoms with Crippen LogP contribution in [0.25, 0.3) is 10.9 Å². The number of benzene rings is 3. The molecule has 0 amide bonds. The maximum atomic E-state index is 4.83. The van der Waals surface area contributed by atoms with Crippen molar-refractivity contribution < 1.29 is 0 Å². The van der Waals surface area contributed by atoms with Crippen molar-refractivity contribution in [3.05, 3.63) is 109 Å². The number of nitrogens with zero attached hydrogens (tertiary/aromatic N) is 3. The van der Waals surface area contributed by atoms with E-state index in [0.717, 1.165) is 23.5 Å². The first-order valence-corrected chi connectivity index (χ1v) is 9.00. The molecule has 1 heterocycles. The Balaban J connectivity index is 1.77. The van der Waals surface area contributed by atoms with Crippen LogP contribution in [0.4, 0.5) is 11.4 Å². The van der Waals surface area contributed by atoms with Crippen molar-refractivity contribution in [3.8, 4) is 0 Å². The van der Waals surface area contributed by atoms with Crippen molar-refractivity contribution >= 4 is 28.5 Å². The average Bonchev–Trinajstić information content (AvgIpc) is 3.08. The van der Waals surface area contributed by atoms with E-state index in [1.807, 2.05) is 53.7 Å². The maximum Gasteiger partial charge on any atom is 0.0652 e. The Hall–Kier alpha value is -3.59. The first kappa shape index (κ1) is 16.9. The van der Waals surface area contributed by atoms with Crippen LogP contribution in [0.15, 0.2) is 109 Å². The maximum absolute atomic E-state index is 4.83. The van der Waals surface area contributed by atoms with Crippen molar-refractivity contribution in [2.75, 3.05) is 5.01 Å². The summed E-state index contributed by atoms with van der Waals surface area (Å²) in [6.45, 7) is 4.64. The third-order valence-corrected chi connectivity index (χ3v) is 4.46. The van der Waals surface area contributed by atoms with E-state index in [0.29, 0.717) is 0 Å². The summed E-state index contributed by atoms with van der Waals surface area (Å²) in [7, 11) is 0. The second-order valence-electron chi connectivity index (χ2n) is 6.27. The van der Waals surface area contributed by atoms with Gasteiger partial charge in [0.15, 0.2) is 0 Å². The zero-order chi connectivity index (χ0) is 18.5. The van der Waals surface area contributed by atoms with Crippen molar-refractivity contribution in [3.63, 3.8) is 0 Å². The summed E-state index contributed by atoms with van der Waals surface area (Å²) in [4.78, 5) is 0. The molecule has 0 aliphatic rings. The highest BCUT2D eigenvalue weighted by molar-refractivity contribution is 5.99. The van der Waals surface area contributed by atoms with Crippen LogP contribution in [0.5, 0.6) is 0 Å². The number of hydrogen-bond donors (Lipinski definition) is 0. The summed E-state index contributed by atoms with van der Waals surface area (Å²) in [6.07, 6.45) is 5.97. The Bertz CT molecular complexity index is 1020. The number of rotatable bonds is 6. The largest absolute Gasteiger partial charge is 0.343 e. The fourth-order valence-electron chi connectivity index (χ4n) is 3.21. The number of fused-ring (bicyclic) bond motifs is 1. The van der Waals surface area contributed by atoms with Crippen LogP contribution in [-0.2, 0) is 6.54 Å². The summed E-state index contributed by atoms with van der Waals surface area (Å²) >= 11 is 0. The average molecular weight is 351 g/mol. The number of anilines is 2. The molecule has 0 saturated heterocycles. The van der Waals surface area contributed by atoms with Crippen LogP contribution in [0, 0.1) is 0 Å². The topological polar surface area (TPSA) is 20.5 Å². The molecule has 4 rings (SSSR count). The van der Waals surface area contributed by atoms with Gasteiger partial charge in [-0.15, -0.1) is 6.58 Å². The Morgan fingerprint density at radius 2 is 1.41 bits per heavy atom. The van der Waals surface area contributed by atoms with E-state index in [-0.39, 0.29) is 0 Å². The van der Waals surface area contributed by atoms with Gasteiger partial charge in [-0.3, -0.25) is 0 Å². The molecule has 0 spiro atoms. The van der Waals surface area contributed by atoms with E-state index in [1.54, 1.807) is 0 Å². The molecular weight excluding hydrogens is 330 g/mol. The molecule has 0 unspecified atom stereocenters. The third-order valence-electron chi connectivity index (χ3n) is 4.46. The molecule has 3 aromatic carbocycles.